The molecule has 34 heavy (non-hydrogen) atoms. The number of unbranched alkanes of at least 4 members (excludes halogenated alkanes) is 1. The topological polar surface area (TPSA) is 53.6 Å². The van der Waals surface area contributed by atoms with E-state index in [1.165, 1.54) is 38.2 Å². The molecule has 0 bridgehead atoms. The predicted octanol–water partition coefficient (Wildman–Crippen LogP) is 5.71. The van der Waals surface area contributed by atoms with E-state index >= 15 is 0 Å². The molecular weight excluding hydrogens is 429 g/mol. The van der Waals surface area contributed by atoms with Crippen LogP contribution in [0.25, 0.3) is 0 Å². The summed E-state index contributed by atoms with van der Waals surface area (Å²) in [7, 11) is 3.70. The number of methoxy groups -OCH3 is 1. The van der Waals surface area contributed by atoms with Gasteiger partial charge in [0.15, 0.2) is 0 Å². The first-order valence-corrected chi connectivity index (χ1v) is 13.5. The van der Waals surface area contributed by atoms with Crippen LogP contribution in [0.3, 0.4) is 0 Å². The maximum Gasteiger partial charge on any atom is 0.317 e. The number of carbonyl (C=O) groups excluding carboxylic acids is 1. The number of carbonyl (C=O) groups is 1. The quantitative estimate of drug-likeness (QED) is 0.381. The van der Waals surface area contributed by atoms with Gasteiger partial charge in [-0.2, -0.15) is 0 Å². The van der Waals surface area contributed by atoms with E-state index in [0.29, 0.717) is 5.92 Å². The van der Waals surface area contributed by atoms with Crippen LogP contribution in [0.2, 0.25) is 0 Å². The molecule has 192 valence electrons. The molecule has 1 aliphatic heterocycles. The minimum Gasteiger partial charge on any atom is -0.385 e. The molecule has 2 aliphatic rings. The molecule has 2 N–H and O–H groups in total. The first kappa shape index (κ1) is 26.9. The lowest BCUT2D eigenvalue weighted by Gasteiger charge is -2.38. The predicted molar refractivity (Wildman–Crippen MR) is 137 cm³/mol. The third-order valence-corrected chi connectivity index (χ3v) is 7.83. The maximum absolute atomic E-state index is 14.1. The van der Waals surface area contributed by atoms with Gasteiger partial charge in [0.05, 0.1) is 0 Å². The third kappa shape index (κ3) is 8.53. The molecule has 0 spiro atoms. The van der Waals surface area contributed by atoms with Gasteiger partial charge in [-0.15, -0.1) is 0 Å². The molecule has 2 amide bonds. The fourth-order valence-corrected chi connectivity index (χ4v) is 6.08. The number of halogens is 1. The Hall–Kier alpha value is -1.66. The molecule has 1 aromatic carbocycles. The number of ether oxygens (including phenoxy) is 1. The lowest BCUT2D eigenvalue weighted by molar-refractivity contribution is 0.147. The standard InChI is InChI=1S/C28H46FN3O2/c1-30-20-26(18-22-10-4-3-5-11-22)31-28(33)32-16-9-13-24(21-32)27(15-6-7-17-34-2)23-12-8-14-25(29)19-23/h8,12,14,19,22,24,26-27,30H,3-7,9-11,13,15-18,20-21H2,1-2H3,(H,31,33). The highest BCUT2D eigenvalue weighted by Crippen LogP contribution is 2.36. The number of urea groups is 1. The molecule has 1 aromatic rings. The summed E-state index contributed by atoms with van der Waals surface area (Å²) in [6.45, 7) is 3.11. The van der Waals surface area contributed by atoms with Crippen LogP contribution in [0.5, 0.6) is 0 Å². The number of likely N-dealkylation sites (N-methyl/N-ethyl adjacent to an activating group) is 1. The number of likely N-dealkylation sites (tertiary alicyclic amines) is 1. The zero-order chi connectivity index (χ0) is 24.2. The highest BCUT2D eigenvalue weighted by Gasteiger charge is 2.31. The van der Waals surface area contributed by atoms with Crippen molar-refractivity contribution in [1.29, 1.82) is 0 Å². The van der Waals surface area contributed by atoms with Crippen LogP contribution in [0.15, 0.2) is 24.3 Å². The monoisotopic (exact) mass is 475 g/mol. The lowest BCUT2D eigenvalue weighted by Crippen LogP contribution is -2.51. The van der Waals surface area contributed by atoms with Crippen molar-refractivity contribution in [3.63, 3.8) is 0 Å². The molecule has 1 saturated heterocycles. The van der Waals surface area contributed by atoms with Gasteiger partial charge in [-0.3, -0.25) is 0 Å². The van der Waals surface area contributed by atoms with E-state index in [2.05, 4.69) is 16.7 Å². The van der Waals surface area contributed by atoms with Crippen molar-refractivity contribution in [2.75, 3.05) is 40.4 Å². The molecular formula is C28H46FN3O2. The molecule has 5 nitrogen and oxygen atoms in total. The molecule has 3 rings (SSSR count). The number of rotatable bonds is 12. The van der Waals surface area contributed by atoms with Crippen molar-refractivity contribution in [3.05, 3.63) is 35.6 Å². The first-order valence-electron chi connectivity index (χ1n) is 13.5. The van der Waals surface area contributed by atoms with Crippen molar-refractivity contribution in [2.24, 2.45) is 11.8 Å². The van der Waals surface area contributed by atoms with Crippen molar-refractivity contribution < 1.29 is 13.9 Å². The van der Waals surface area contributed by atoms with Gasteiger partial charge in [-0.25, -0.2) is 9.18 Å². The second-order valence-corrected chi connectivity index (χ2v) is 10.4. The van der Waals surface area contributed by atoms with Gasteiger partial charge in [0.1, 0.15) is 5.82 Å². The molecule has 1 heterocycles. The Morgan fingerprint density at radius 2 is 2.00 bits per heavy atom. The van der Waals surface area contributed by atoms with Gasteiger partial charge in [0, 0.05) is 39.4 Å². The van der Waals surface area contributed by atoms with Gasteiger partial charge >= 0.3 is 6.03 Å². The average molecular weight is 476 g/mol. The molecule has 0 aromatic heterocycles. The molecule has 6 heteroatoms. The number of amides is 2. The Bertz CT molecular complexity index is 725. The minimum absolute atomic E-state index is 0.0677. The zero-order valence-corrected chi connectivity index (χ0v) is 21.4. The number of hydrogen-bond donors (Lipinski definition) is 2. The molecule has 1 aliphatic carbocycles. The second kappa shape index (κ2) is 14.7. The van der Waals surface area contributed by atoms with Crippen molar-refractivity contribution in [3.8, 4) is 0 Å². The number of benzene rings is 1. The Morgan fingerprint density at radius 1 is 1.18 bits per heavy atom. The summed E-state index contributed by atoms with van der Waals surface area (Å²) >= 11 is 0. The zero-order valence-electron chi connectivity index (χ0n) is 21.4. The van der Waals surface area contributed by atoms with Gasteiger partial charge in [0.2, 0.25) is 0 Å². The average Bonchev–Trinajstić information content (AvgIpc) is 2.85. The Kier molecular flexibility index (Phi) is 11.6. The second-order valence-electron chi connectivity index (χ2n) is 10.4. The van der Waals surface area contributed by atoms with Crippen LogP contribution in [0.1, 0.15) is 82.1 Å². The van der Waals surface area contributed by atoms with Crippen molar-refractivity contribution >= 4 is 6.03 Å². The highest BCUT2D eigenvalue weighted by atomic mass is 19.1. The van der Waals surface area contributed by atoms with Gasteiger partial charge < -0.3 is 20.3 Å². The summed E-state index contributed by atoms with van der Waals surface area (Å²) in [6.07, 6.45) is 12.8. The van der Waals surface area contributed by atoms with E-state index in [4.69, 9.17) is 4.74 Å². The largest absolute Gasteiger partial charge is 0.385 e. The van der Waals surface area contributed by atoms with Gasteiger partial charge in [-0.1, -0.05) is 50.7 Å². The molecule has 3 atom stereocenters. The summed E-state index contributed by atoms with van der Waals surface area (Å²) in [4.78, 5) is 15.3. The summed E-state index contributed by atoms with van der Waals surface area (Å²) in [5.41, 5.74) is 1.06. The third-order valence-electron chi connectivity index (χ3n) is 7.83. The number of hydrogen-bond acceptors (Lipinski definition) is 3. The maximum atomic E-state index is 14.1. The highest BCUT2D eigenvalue weighted by molar-refractivity contribution is 5.74. The lowest BCUT2D eigenvalue weighted by atomic mass is 9.78. The van der Waals surface area contributed by atoms with Crippen LogP contribution in [-0.4, -0.2) is 57.4 Å². The number of nitrogens with zero attached hydrogens (tertiary/aromatic N) is 1. The summed E-state index contributed by atoms with van der Waals surface area (Å²) < 4.78 is 19.3. The van der Waals surface area contributed by atoms with E-state index < -0.39 is 0 Å². The van der Waals surface area contributed by atoms with Crippen LogP contribution in [-0.2, 0) is 4.74 Å². The van der Waals surface area contributed by atoms with Gasteiger partial charge in [-0.05, 0) is 74.6 Å². The fraction of sp³-hybridized carbons (Fsp3) is 0.750. The Labute approximate surface area is 206 Å². The molecule has 3 unspecified atom stereocenters. The van der Waals surface area contributed by atoms with Crippen LogP contribution in [0.4, 0.5) is 9.18 Å². The van der Waals surface area contributed by atoms with E-state index in [-0.39, 0.29) is 23.8 Å². The van der Waals surface area contributed by atoms with E-state index in [0.717, 1.165) is 76.2 Å². The number of piperidine rings is 1. The smallest absolute Gasteiger partial charge is 0.317 e. The molecule has 2 fully saturated rings. The fourth-order valence-electron chi connectivity index (χ4n) is 6.08. The van der Waals surface area contributed by atoms with Crippen LogP contribution < -0.4 is 10.6 Å². The summed E-state index contributed by atoms with van der Waals surface area (Å²) in [5, 5.41) is 6.63. The van der Waals surface area contributed by atoms with Crippen LogP contribution >= 0.6 is 0 Å². The van der Waals surface area contributed by atoms with E-state index in [1.54, 1.807) is 13.2 Å². The summed E-state index contributed by atoms with van der Waals surface area (Å²) in [5.74, 6) is 1.16. The van der Waals surface area contributed by atoms with Crippen LogP contribution in [0, 0.1) is 17.7 Å². The van der Waals surface area contributed by atoms with Crippen molar-refractivity contribution in [1.82, 2.24) is 15.5 Å². The molecule has 0 radical (unpaired) electrons. The van der Waals surface area contributed by atoms with Gasteiger partial charge in [0.25, 0.3) is 0 Å². The summed E-state index contributed by atoms with van der Waals surface area (Å²) in [6, 6.07) is 7.31. The SMILES string of the molecule is CNCC(CC1CCCCC1)NC(=O)N1CCCC(C(CCCCOC)c2cccc(F)c2)C1. The minimum atomic E-state index is -0.178. The van der Waals surface area contributed by atoms with E-state index in [1.807, 2.05) is 18.0 Å². The Balaban J connectivity index is 1.62. The molecule has 1 saturated carbocycles. The first-order chi connectivity index (χ1) is 16.6. The normalized spacial score (nSPS) is 21.3. The number of nitrogens with one attached hydrogen (secondary N) is 2. The Morgan fingerprint density at radius 3 is 2.74 bits per heavy atom. The van der Waals surface area contributed by atoms with Crippen molar-refractivity contribution in [2.45, 2.75) is 82.6 Å². The van der Waals surface area contributed by atoms with E-state index in [9.17, 15) is 9.18 Å².